The normalized spacial score (nSPS) is 30.6. The number of aromatic nitrogens is 2. The molecule has 0 radical (unpaired) electrons. The molecule has 1 aliphatic heterocycles. The van der Waals surface area contributed by atoms with Gasteiger partial charge in [-0.05, 0) is 26.1 Å². The lowest BCUT2D eigenvalue weighted by Crippen LogP contribution is -2.44. The minimum atomic E-state index is -5.73. The van der Waals surface area contributed by atoms with E-state index in [1.54, 1.807) is 0 Å². The largest absolute Gasteiger partial charge is 0.490 e. The van der Waals surface area contributed by atoms with Crippen LogP contribution in [0.2, 0.25) is 0 Å². The maximum absolute atomic E-state index is 11.9. The van der Waals surface area contributed by atoms with Crippen LogP contribution in [0.4, 0.5) is 0 Å². The van der Waals surface area contributed by atoms with Gasteiger partial charge in [-0.3, -0.25) is 18.9 Å². The maximum atomic E-state index is 11.9. The van der Waals surface area contributed by atoms with E-state index in [9.17, 15) is 33.6 Å². The SMILES string of the molecule is Cc1cn([C@H]2OC(C)(COP(=O)(O)OP(=O)(O)OP(=O)(O)O)C(O)C2O)c(=S)[nH]c1=O. The van der Waals surface area contributed by atoms with Gasteiger partial charge in [0.2, 0.25) is 0 Å². The maximum Gasteiger partial charge on any atom is 0.490 e. The summed E-state index contributed by atoms with van der Waals surface area (Å²) in [6, 6.07) is 0. The van der Waals surface area contributed by atoms with Gasteiger partial charge in [0.05, 0.1) is 6.61 Å². The van der Waals surface area contributed by atoms with Gasteiger partial charge in [-0.15, -0.1) is 0 Å². The summed E-state index contributed by atoms with van der Waals surface area (Å²) < 4.78 is 52.0. The molecular formula is C11H19N2O14P3S. The number of H-pyrrole nitrogens is 1. The van der Waals surface area contributed by atoms with E-state index in [0.717, 1.165) is 11.5 Å². The monoisotopic (exact) mass is 528 g/mol. The topological polar surface area (TPSA) is 247 Å². The summed E-state index contributed by atoms with van der Waals surface area (Å²) in [5, 5.41) is 20.7. The lowest BCUT2D eigenvalue weighted by atomic mass is 9.99. The number of rotatable bonds is 8. The van der Waals surface area contributed by atoms with E-state index >= 15 is 0 Å². The second kappa shape index (κ2) is 8.97. The molecular weight excluding hydrogens is 509 g/mol. The zero-order valence-corrected chi connectivity index (χ0v) is 19.2. The summed E-state index contributed by atoms with van der Waals surface area (Å²) >= 11 is 4.99. The van der Waals surface area contributed by atoms with E-state index in [2.05, 4.69) is 18.1 Å². The Kier molecular flexibility index (Phi) is 7.71. The molecule has 0 bridgehead atoms. The molecule has 1 fully saturated rings. The molecule has 6 atom stereocenters. The lowest BCUT2D eigenvalue weighted by molar-refractivity contribution is -0.115. The Hall–Kier alpha value is -0.610. The van der Waals surface area contributed by atoms with Crippen molar-refractivity contribution in [1.29, 1.82) is 0 Å². The van der Waals surface area contributed by atoms with Gasteiger partial charge in [-0.25, -0.2) is 13.7 Å². The molecule has 5 unspecified atom stereocenters. The highest BCUT2D eigenvalue weighted by Crippen LogP contribution is 2.66. The summed E-state index contributed by atoms with van der Waals surface area (Å²) in [4.78, 5) is 49.6. The predicted molar refractivity (Wildman–Crippen MR) is 101 cm³/mol. The van der Waals surface area contributed by atoms with Crippen LogP contribution in [-0.2, 0) is 31.6 Å². The van der Waals surface area contributed by atoms with Gasteiger partial charge in [-0.2, -0.15) is 8.62 Å². The van der Waals surface area contributed by atoms with Crippen molar-refractivity contribution in [2.45, 2.75) is 37.9 Å². The molecule has 2 rings (SSSR count). The first-order valence-corrected chi connectivity index (χ1v) is 12.9. The molecule has 2 heterocycles. The van der Waals surface area contributed by atoms with E-state index in [1.807, 2.05) is 0 Å². The molecule has 1 aromatic heterocycles. The second-order valence-electron chi connectivity index (χ2n) is 6.60. The van der Waals surface area contributed by atoms with Crippen molar-refractivity contribution in [2.24, 2.45) is 0 Å². The van der Waals surface area contributed by atoms with Crippen molar-refractivity contribution < 1.29 is 61.4 Å². The Labute approximate surface area is 178 Å². The molecule has 16 nitrogen and oxygen atoms in total. The molecule has 0 spiro atoms. The number of nitrogens with zero attached hydrogens (tertiary/aromatic N) is 1. The van der Waals surface area contributed by atoms with E-state index in [-0.39, 0.29) is 10.3 Å². The predicted octanol–water partition coefficient (Wildman–Crippen LogP) is -0.433. The van der Waals surface area contributed by atoms with Crippen LogP contribution in [0, 0.1) is 11.7 Å². The molecule has 7 N–H and O–H groups in total. The Morgan fingerprint density at radius 2 is 1.77 bits per heavy atom. The highest BCUT2D eigenvalue weighted by molar-refractivity contribution is 7.71. The Morgan fingerprint density at radius 3 is 2.32 bits per heavy atom. The number of hydrogen-bond donors (Lipinski definition) is 7. The number of aromatic amines is 1. The minimum Gasteiger partial charge on any atom is -0.387 e. The Bertz CT molecular complexity index is 1100. The van der Waals surface area contributed by atoms with E-state index < -0.39 is 59.7 Å². The van der Waals surface area contributed by atoms with Crippen LogP contribution in [0.15, 0.2) is 11.0 Å². The average Bonchev–Trinajstić information content (AvgIpc) is 2.78. The number of aliphatic hydroxyl groups is 2. The van der Waals surface area contributed by atoms with Crippen molar-refractivity contribution in [3.05, 3.63) is 26.9 Å². The van der Waals surface area contributed by atoms with Gasteiger partial charge < -0.3 is 34.5 Å². The van der Waals surface area contributed by atoms with Gasteiger partial charge in [-0.1, -0.05) is 0 Å². The highest BCUT2D eigenvalue weighted by Gasteiger charge is 2.53. The molecule has 1 aliphatic rings. The lowest BCUT2D eigenvalue weighted by Gasteiger charge is -2.28. The van der Waals surface area contributed by atoms with Gasteiger partial charge in [0.1, 0.15) is 17.8 Å². The number of phosphoric acid groups is 3. The number of ether oxygens (including phenoxy) is 1. The molecule has 178 valence electrons. The first kappa shape index (κ1) is 26.6. The number of aliphatic hydroxyl groups excluding tert-OH is 2. The standard InChI is InChI=1S/C11H19N2O14P3S/c1-5-3-13(10(31)12-8(5)16)9-6(14)7(15)11(2,25-9)4-24-29(20,21)27-30(22,23)26-28(17,18)19/h3,6-7,9,14-15H,4H2,1-2H3,(H,20,21)(H,22,23)(H,12,16,31)(H2,17,18,19)/t6?,7?,9-,11?/m0/s1. The van der Waals surface area contributed by atoms with Gasteiger partial charge in [0, 0.05) is 11.8 Å². The van der Waals surface area contributed by atoms with E-state index in [1.165, 1.54) is 13.1 Å². The Balaban J connectivity index is 2.18. The fraction of sp³-hybridized carbons (Fsp3) is 0.636. The fourth-order valence-corrected chi connectivity index (χ4v) is 5.92. The Morgan fingerprint density at radius 1 is 1.19 bits per heavy atom. The molecule has 1 aromatic rings. The number of aryl methyl sites for hydroxylation is 1. The highest BCUT2D eigenvalue weighted by atomic mass is 32.1. The van der Waals surface area contributed by atoms with Crippen LogP contribution in [0.5, 0.6) is 0 Å². The van der Waals surface area contributed by atoms with Crippen LogP contribution in [-0.4, -0.2) is 63.8 Å². The summed E-state index contributed by atoms with van der Waals surface area (Å²) in [6.45, 7) is 1.57. The zero-order valence-electron chi connectivity index (χ0n) is 15.7. The quantitative estimate of drug-likeness (QED) is 0.167. The zero-order chi connectivity index (χ0) is 24.0. The van der Waals surface area contributed by atoms with Crippen LogP contribution in [0.1, 0.15) is 18.7 Å². The number of hydrogen-bond acceptors (Lipinski definition) is 11. The van der Waals surface area contributed by atoms with Crippen molar-refractivity contribution in [1.82, 2.24) is 9.55 Å². The van der Waals surface area contributed by atoms with Crippen LogP contribution >= 0.6 is 35.7 Å². The average molecular weight is 528 g/mol. The van der Waals surface area contributed by atoms with Crippen molar-refractivity contribution in [3.63, 3.8) is 0 Å². The van der Waals surface area contributed by atoms with Gasteiger partial charge in [0.15, 0.2) is 11.0 Å². The molecule has 1 saturated heterocycles. The second-order valence-corrected chi connectivity index (χ2v) is 11.4. The number of phosphoric ester groups is 1. The molecule has 0 aromatic carbocycles. The van der Waals surface area contributed by atoms with Crippen LogP contribution in [0.25, 0.3) is 0 Å². The van der Waals surface area contributed by atoms with E-state index in [4.69, 9.17) is 31.6 Å². The smallest absolute Gasteiger partial charge is 0.387 e. The summed E-state index contributed by atoms with van der Waals surface area (Å²) in [5.41, 5.74) is -2.21. The summed E-state index contributed by atoms with van der Waals surface area (Å²) in [6.07, 6.45) is -3.53. The molecule has 20 heteroatoms. The van der Waals surface area contributed by atoms with Crippen LogP contribution < -0.4 is 5.56 Å². The molecule has 0 saturated carbocycles. The van der Waals surface area contributed by atoms with Crippen molar-refractivity contribution in [2.75, 3.05) is 6.61 Å². The number of nitrogens with one attached hydrogen (secondary N) is 1. The fourth-order valence-electron chi connectivity index (χ4n) is 2.56. The molecule has 31 heavy (non-hydrogen) atoms. The first-order valence-electron chi connectivity index (χ1n) is 8.00. The van der Waals surface area contributed by atoms with Gasteiger partial charge in [0.25, 0.3) is 5.56 Å². The third-order valence-electron chi connectivity index (χ3n) is 3.98. The third-order valence-corrected chi connectivity index (χ3v) is 8.08. The van der Waals surface area contributed by atoms with E-state index in [0.29, 0.717) is 0 Å². The summed E-state index contributed by atoms with van der Waals surface area (Å²) in [7, 11) is -16.8. The van der Waals surface area contributed by atoms with Crippen molar-refractivity contribution >= 4 is 35.7 Å². The molecule has 0 aliphatic carbocycles. The summed E-state index contributed by atoms with van der Waals surface area (Å²) in [5.74, 6) is 0. The minimum absolute atomic E-state index is 0.163. The van der Waals surface area contributed by atoms with Gasteiger partial charge >= 0.3 is 23.5 Å². The van der Waals surface area contributed by atoms with Crippen LogP contribution in [0.3, 0.4) is 0 Å². The molecule has 0 amide bonds. The van der Waals surface area contributed by atoms with Crippen molar-refractivity contribution in [3.8, 4) is 0 Å². The first-order chi connectivity index (χ1) is 13.9. The third kappa shape index (κ3) is 6.69.